The quantitative estimate of drug-likeness (QED) is 0.140. The highest BCUT2D eigenvalue weighted by atomic mass is 32.2. The molecule has 1 heterocycles. The Morgan fingerprint density at radius 3 is 2.52 bits per heavy atom. The van der Waals surface area contributed by atoms with E-state index in [0.717, 1.165) is 44.1 Å². The number of sulfonamides is 1. The SMILES string of the molecule is CCCCNS(=O)(=O)C[C@@H](O)[C@@H](O)[C@H](CC1CCCCC1)N[C@H](Cc1c[nH]cn1)C(=O)NC(=O)CCc1ccccc1. The average Bonchev–Trinajstić information content (AvgIpc) is 3.49. The predicted molar refractivity (Wildman–Crippen MR) is 161 cm³/mol. The van der Waals surface area contributed by atoms with Crippen LogP contribution in [-0.4, -0.2) is 77.0 Å². The number of imide groups is 1. The molecule has 1 aliphatic carbocycles. The van der Waals surface area contributed by atoms with Gasteiger partial charge in [0, 0.05) is 31.6 Å². The van der Waals surface area contributed by atoms with Gasteiger partial charge in [0.15, 0.2) is 0 Å². The number of aliphatic hydroxyl groups is 2. The molecule has 0 unspecified atom stereocenters. The molecule has 42 heavy (non-hydrogen) atoms. The molecule has 234 valence electrons. The second kappa shape index (κ2) is 17.5. The number of aromatic amines is 1. The number of aromatic nitrogens is 2. The molecular weight excluding hydrogens is 558 g/mol. The van der Waals surface area contributed by atoms with Crippen LogP contribution in [-0.2, 0) is 32.5 Å². The van der Waals surface area contributed by atoms with Gasteiger partial charge in [-0.3, -0.25) is 14.9 Å². The normalized spacial score (nSPS) is 17.3. The fourth-order valence-corrected chi connectivity index (χ4v) is 6.65. The summed E-state index contributed by atoms with van der Waals surface area (Å²) >= 11 is 0. The van der Waals surface area contributed by atoms with Crippen LogP contribution in [0, 0.1) is 5.92 Å². The number of hydrogen-bond acceptors (Lipinski definition) is 8. The van der Waals surface area contributed by atoms with Crippen molar-refractivity contribution in [3.05, 3.63) is 54.1 Å². The molecule has 0 aliphatic heterocycles. The van der Waals surface area contributed by atoms with Crippen LogP contribution in [0.15, 0.2) is 42.9 Å². The average molecular weight is 606 g/mol. The van der Waals surface area contributed by atoms with Crippen LogP contribution in [0.1, 0.15) is 76.0 Å². The summed E-state index contributed by atoms with van der Waals surface area (Å²) in [5, 5.41) is 27.8. The van der Waals surface area contributed by atoms with Gasteiger partial charge >= 0.3 is 0 Å². The molecule has 4 atom stereocenters. The number of aliphatic hydroxyl groups excluding tert-OH is 2. The smallest absolute Gasteiger partial charge is 0.244 e. The van der Waals surface area contributed by atoms with Gasteiger partial charge in [0.1, 0.15) is 0 Å². The maximum atomic E-state index is 13.4. The maximum Gasteiger partial charge on any atom is 0.244 e. The largest absolute Gasteiger partial charge is 0.389 e. The fourth-order valence-electron chi connectivity index (χ4n) is 5.43. The molecule has 12 heteroatoms. The van der Waals surface area contributed by atoms with Crippen molar-refractivity contribution in [1.29, 1.82) is 0 Å². The molecule has 6 N–H and O–H groups in total. The minimum atomic E-state index is -3.82. The van der Waals surface area contributed by atoms with E-state index in [-0.39, 0.29) is 25.3 Å². The zero-order valence-electron chi connectivity index (χ0n) is 24.5. The first kappa shape index (κ1) is 33.9. The molecule has 1 aromatic carbocycles. The Morgan fingerprint density at radius 2 is 1.86 bits per heavy atom. The summed E-state index contributed by atoms with van der Waals surface area (Å²) in [4.78, 5) is 33.2. The van der Waals surface area contributed by atoms with Crippen LogP contribution in [0.25, 0.3) is 0 Å². The van der Waals surface area contributed by atoms with Crippen LogP contribution < -0.4 is 15.4 Å². The van der Waals surface area contributed by atoms with E-state index in [4.69, 9.17) is 0 Å². The van der Waals surface area contributed by atoms with Crippen molar-refractivity contribution in [1.82, 2.24) is 25.3 Å². The van der Waals surface area contributed by atoms with Crippen molar-refractivity contribution in [3.63, 3.8) is 0 Å². The number of benzene rings is 1. The molecule has 11 nitrogen and oxygen atoms in total. The van der Waals surface area contributed by atoms with E-state index >= 15 is 0 Å². The molecule has 3 rings (SSSR count). The van der Waals surface area contributed by atoms with Crippen LogP contribution in [0.2, 0.25) is 0 Å². The van der Waals surface area contributed by atoms with E-state index < -0.39 is 51.9 Å². The Bertz CT molecular complexity index is 1170. The number of carbonyl (C=O) groups is 2. The number of nitrogens with zero attached hydrogens (tertiary/aromatic N) is 1. The van der Waals surface area contributed by atoms with Crippen LogP contribution in [0.5, 0.6) is 0 Å². The van der Waals surface area contributed by atoms with E-state index in [1.165, 1.54) is 6.33 Å². The molecule has 0 saturated heterocycles. The first-order valence-corrected chi connectivity index (χ1v) is 16.8. The third-order valence-electron chi connectivity index (χ3n) is 7.81. The summed E-state index contributed by atoms with van der Waals surface area (Å²) in [5.41, 5.74) is 1.56. The van der Waals surface area contributed by atoms with Crippen molar-refractivity contribution in [2.45, 2.75) is 102 Å². The minimum Gasteiger partial charge on any atom is -0.389 e. The first-order valence-electron chi connectivity index (χ1n) is 15.1. The maximum absolute atomic E-state index is 13.4. The molecule has 1 fully saturated rings. The number of carbonyl (C=O) groups excluding carboxylic acids is 2. The molecule has 0 radical (unpaired) electrons. The number of nitrogens with one attached hydrogen (secondary N) is 4. The fraction of sp³-hybridized carbons (Fsp3) is 0.633. The van der Waals surface area contributed by atoms with E-state index in [1.54, 1.807) is 6.20 Å². The Labute approximate surface area is 249 Å². The monoisotopic (exact) mass is 605 g/mol. The second-order valence-electron chi connectivity index (χ2n) is 11.3. The van der Waals surface area contributed by atoms with Gasteiger partial charge in [0.05, 0.1) is 36.0 Å². The number of amides is 2. The molecule has 1 aliphatic rings. The lowest BCUT2D eigenvalue weighted by atomic mass is 9.83. The number of imidazole rings is 1. The Hall–Kier alpha value is -2.64. The number of H-pyrrole nitrogens is 1. The summed E-state index contributed by atoms with van der Waals surface area (Å²) in [6.07, 6.45) is 7.91. The standard InChI is InChI=1S/C30H47N5O6S/c1-2-3-16-33-42(40,41)20-27(36)29(38)25(17-23-12-8-5-9-13-23)34-26(18-24-19-31-21-32-24)30(39)35-28(37)15-14-22-10-6-4-7-11-22/h4,6-7,10-11,19,21,23,25-27,29,33-34,36,38H,2-3,5,8-9,12-18,20H2,1H3,(H,31,32)(H,35,37,39)/t25-,26+,27+,29-/m0/s1. The third-order valence-corrected chi connectivity index (χ3v) is 9.23. The summed E-state index contributed by atoms with van der Waals surface area (Å²) in [6, 6.07) is 7.76. The first-order chi connectivity index (χ1) is 20.2. The van der Waals surface area contributed by atoms with E-state index in [1.807, 2.05) is 37.3 Å². The van der Waals surface area contributed by atoms with Crippen LogP contribution in [0.4, 0.5) is 0 Å². The highest BCUT2D eigenvalue weighted by Gasteiger charge is 2.35. The number of rotatable bonds is 18. The highest BCUT2D eigenvalue weighted by molar-refractivity contribution is 7.89. The lowest BCUT2D eigenvalue weighted by Crippen LogP contribution is -2.57. The lowest BCUT2D eigenvalue weighted by Gasteiger charge is -2.34. The molecule has 2 aromatic rings. The number of hydrogen-bond donors (Lipinski definition) is 6. The molecule has 1 aromatic heterocycles. The van der Waals surface area contributed by atoms with Crippen molar-refractivity contribution in [2.75, 3.05) is 12.3 Å². The highest BCUT2D eigenvalue weighted by Crippen LogP contribution is 2.29. The van der Waals surface area contributed by atoms with Gasteiger partial charge in [-0.1, -0.05) is 75.8 Å². The van der Waals surface area contributed by atoms with E-state index in [2.05, 4.69) is 25.3 Å². The molecule has 0 spiro atoms. The predicted octanol–water partition coefficient (Wildman–Crippen LogP) is 1.97. The number of unbranched alkanes of at least 4 members (excludes halogenated alkanes) is 1. The lowest BCUT2D eigenvalue weighted by molar-refractivity contribution is -0.132. The molecule has 2 amide bonds. The Morgan fingerprint density at radius 1 is 1.12 bits per heavy atom. The van der Waals surface area contributed by atoms with Gasteiger partial charge in [-0.25, -0.2) is 18.1 Å². The third kappa shape index (κ3) is 11.9. The van der Waals surface area contributed by atoms with Gasteiger partial charge < -0.3 is 20.5 Å². The summed E-state index contributed by atoms with van der Waals surface area (Å²) < 4.78 is 27.6. The Kier molecular flexibility index (Phi) is 14.1. The van der Waals surface area contributed by atoms with E-state index in [0.29, 0.717) is 25.0 Å². The zero-order valence-corrected chi connectivity index (χ0v) is 25.3. The summed E-state index contributed by atoms with van der Waals surface area (Å²) in [5.74, 6) is -1.40. The van der Waals surface area contributed by atoms with Crippen molar-refractivity contribution in [2.24, 2.45) is 5.92 Å². The van der Waals surface area contributed by atoms with Crippen molar-refractivity contribution in [3.8, 4) is 0 Å². The molecular formula is C30H47N5O6S. The van der Waals surface area contributed by atoms with Gasteiger partial charge in [0.25, 0.3) is 0 Å². The topological polar surface area (TPSA) is 174 Å². The number of aryl methyl sites for hydroxylation is 1. The van der Waals surface area contributed by atoms with Gasteiger partial charge in [-0.15, -0.1) is 0 Å². The second-order valence-corrected chi connectivity index (χ2v) is 13.2. The van der Waals surface area contributed by atoms with Gasteiger partial charge in [-0.05, 0) is 30.7 Å². The van der Waals surface area contributed by atoms with E-state index in [9.17, 15) is 28.2 Å². The van der Waals surface area contributed by atoms with Crippen molar-refractivity contribution >= 4 is 21.8 Å². The molecule has 1 saturated carbocycles. The van der Waals surface area contributed by atoms with Gasteiger partial charge in [-0.2, -0.15) is 0 Å². The minimum absolute atomic E-state index is 0.126. The van der Waals surface area contributed by atoms with Crippen LogP contribution in [0.3, 0.4) is 0 Å². The summed E-state index contributed by atoms with van der Waals surface area (Å²) in [6.45, 7) is 2.20. The Balaban J connectivity index is 1.73. The zero-order chi connectivity index (χ0) is 30.4. The van der Waals surface area contributed by atoms with Crippen molar-refractivity contribution < 1.29 is 28.2 Å². The summed E-state index contributed by atoms with van der Waals surface area (Å²) in [7, 11) is -3.82. The van der Waals surface area contributed by atoms with Crippen LogP contribution >= 0.6 is 0 Å². The molecule has 0 bridgehead atoms. The van der Waals surface area contributed by atoms with Gasteiger partial charge in [0.2, 0.25) is 21.8 Å².